The van der Waals surface area contributed by atoms with Crippen LogP contribution in [-0.4, -0.2) is 26.9 Å². The fraction of sp³-hybridized carbons (Fsp3) is 0.208. The quantitative estimate of drug-likeness (QED) is 0.379. The zero-order valence-corrected chi connectivity index (χ0v) is 19.0. The number of ether oxygens (including phenoxy) is 1. The van der Waals surface area contributed by atoms with Crippen LogP contribution in [0.5, 0.6) is 5.75 Å². The van der Waals surface area contributed by atoms with Gasteiger partial charge < -0.3 is 10.1 Å². The maximum atomic E-state index is 5.33. The number of nitrogens with one attached hydrogen (secondary N) is 1. The predicted octanol–water partition coefficient (Wildman–Crippen LogP) is 6.02. The molecule has 3 aromatic heterocycles. The minimum Gasteiger partial charge on any atom is -0.497 e. The van der Waals surface area contributed by atoms with E-state index in [1.54, 1.807) is 18.4 Å². The van der Waals surface area contributed by atoms with Gasteiger partial charge in [0.15, 0.2) is 10.9 Å². The van der Waals surface area contributed by atoms with E-state index in [4.69, 9.17) is 19.8 Å². The molecule has 0 spiro atoms. The second-order valence-corrected chi connectivity index (χ2v) is 8.87. The Bertz CT molecular complexity index is 1450. The van der Waals surface area contributed by atoms with Gasteiger partial charge in [-0.3, -0.25) is 0 Å². The highest BCUT2D eigenvalue weighted by Crippen LogP contribution is 2.32. The van der Waals surface area contributed by atoms with Crippen molar-refractivity contribution in [3.63, 3.8) is 0 Å². The Hall–Kier alpha value is -3.45. The number of pyridine rings is 1. The predicted molar refractivity (Wildman–Crippen MR) is 127 cm³/mol. The first-order valence-electron chi connectivity index (χ1n) is 10.1. The van der Waals surface area contributed by atoms with Crippen LogP contribution >= 0.6 is 11.3 Å². The van der Waals surface area contributed by atoms with Crippen molar-refractivity contribution in [1.29, 1.82) is 0 Å². The van der Waals surface area contributed by atoms with E-state index >= 15 is 0 Å². The summed E-state index contributed by atoms with van der Waals surface area (Å²) in [5.41, 5.74) is 6.43. The largest absolute Gasteiger partial charge is 0.497 e. The first-order chi connectivity index (χ1) is 14.9. The molecule has 0 aliphatic rings. The van der Waals surface area contributed by atoms with Crippen LogP contribution < -0.4 is 10.1 Å². The second kappa shape index (κ2) is 7.35. The molecule has 0 fully saturated rings. The fourth-order valence-corrected chi connectivity index (χ4v) is 4.80. The minimum absolute atomic E-state index is 0.787. The van der Waals surface area contributed by atoms with Crippen molar-refractivity contribution in [1.82, 2.24) is 19.7 Å². The molecule has 0 aliphatic carbocycles. The molecule has 0 amide bonds. The van der Waals surface area contributed by atoms with Crippen LogP contribution in [-0.2, 0) is 0 Å². The van der Waals surface area contributed by atoms with E-state index in [9.17, 15) is 0 Å². The molecule has 7 heteroatoms. The third kappa shape index (κ3) is 3.51. The van der Waals surface area contributed by atoms with Crippen molar-refractivity contribution >= 4 is 43.4 Å². The van der Waals surface area contributed by atoms with Gasteiger partial charge in [-0.05, 0) is 69.2 Å². The summed E-state index contributed by atoms with van der Waals surface area (Å²) in [6, 6.07) is 14.3. The van der Waals surface area contributed by atoms with Crippen molar-refractivity contribution in [3.05, 3.63) is 64.8 Å². The van der Waals surface area contributed by atoms with Gasteiger partial charge in [-0.2, -0.15) is 9.78 Å². The van der Waals surface area contributed by atoms with Crippen molar-refractivity contribution in [2.45, 2.75) is 27.7 Å². The van der Waals surface area contributed by atoms with Gasteiger partial charge >= 0.3 is 0 Å². The van der Waals surface area contributed by atoms with E-state index in [2.05, 4.69) is 44.3 Å². The first kappa shape index (κ1) is 19.5. The van der Waals surface area contributed by atoms with Gasteiger partial charge in [0, 0.05) is 11.5 Å². The van der Waals surface area contributed by atoms with Gasteiger partial charge in [0.2, 0.25) is 0 Å². The summed E-state index contributed by atoms with van der Waals surface area (Å²) in [5, 5.41) is 10.1. The number of methoxy groups -OCH3 is 1. The summed E-state index contributed by atoms with van der Waals surface area (Å²) in [5.74, 6) is 2.44. The lowest BCUT2D eigenvalue weighted by Crippen LogP contribution is -2.06. The lowest BCUT2D eigenvalue weighted by atomic mass is 10.0. The number of anilines is 2. The highest BCUT2D eigenvalue weighted by atomic mass is 32.1. The topological polar surface area (TPSA) is 64.9 Å². The number of aryl methyl sites for hydroxylation is 4. The molecule has 0 saturated heterocycles. The molecule has 5 rings (SSSR count). The lowest BCUT2D eigenvalue weighted by molar-refractivity contribution is 0.415. The number of benzene rings is 2. The number of hydrogen-bond donors (Lipinski definition) is 1. The molecular weight excluding hydrogens is 406 g/mol. The summed E-state index contributed by atoms with van der Waals surface area (Å²) in [6.07, 6.45) is 0. The minimum atomic E-state index is 0.787. The maximum absolute atomic E-state index is 5.33. The van der Waals surface area contributed by atoms with Gasteiger partial charge in [0.05, 0.1) is 28.5 Å². The number of rotatable bonds is 4. The standard InChI is InChI=1S/C24H23N5OS/c1-13-8-15(3)23-18(9-13)14(2)10-21(26-23)29-22(11-16(4)28-29)27-24-25-19-7-6-17(30-5)12-20(19)31-24/h6-12H,1-5H3,(H,25,27). The average molecular weight is 430 g/mol. The molecule has 3 heterocycles. The van der Waals surface area contributed by atoms with E-state index in [-0.39, 0.29) is 0 Å². The molecule has 0 radical (unpaired) electrons. The normalized spacial score (nSPS) is 11.4. The molecule has 0 bridgehead atoms. The summed E-state index contributed by atoms with van der Waals surface area (Å²) in [7, 11) is 1.67. The van der Waals surface area contributed by atoms with E-state index in [0.29, 0.717) is 0 Å². The Morgan fingerprint density at radius 1 is 0.935 bits per heavy atom. The van der Waals surface area contributed by atoms with Crippen molar-refractivity contribution < 1.29 is 4.74 Å². The lowest BCUT2D eigenvalue weighted by Gasteiger charge is -2.12. The van der Waals surface area contributed by atoms with Gasteiger partial charge in [-0.25, -0.2) is 9.97 Å². The summed E-state index contributed by atoms with van der Waals surface area (Å²) in [4.78, 5) is 9.66. The van der Waals surface area contributed by atoms with E-state index in [0.717, 1.165) is 43.9 Å². The molecule has 5 aromatic rings. The van der Waals surface area contributed by atoms with Crippen molar-refractivity contribution in [3.8, 4) is 11.6 Å². The van der Waals surface area contributed by atoms with Crippen LogP contribution in [0.2, 0.25) is 0 Å². The monoisotopic (exact) mass is 429 g/mol. The first-order valence-corrected chi connectivity index (χ1v) is 10.9. The summed E-state index contributed by atoms with van der Waals surface area (Å²) in [6.45, 7) is 8.32. The van der Waals surface area contributed by atoms with Crippen molar-refractivity contribution in [2.75, 3.05) is 12.4 Å². The maximum Gasteiger partial charge on any atom is 0.189 e. The summed E-state index contributed by atoms with van der Waals surface area (Å²) < 4.78 is 8.25. The molecule has 2 aromatic carbocycles. The average Bonchev–Trinajstić information content (AvgIpc) is 3.30. The molecule has 31 heavy (non-hydrogen) atoms. The van der Waals surface area contributed by atoms with Gasteiger partial charge in [0.1, 0.15) is 11.6 Å². The number of aromatic nitrogens is 4. The number of thiazole rings is 1. The Labute approximate surface area is 184 Å². The van der Waals surface area contributed by atoms with E-state index in [1.165, 1.54) is 22.1 Å². The SMILES string of the molecule is COc1ccc2nc(Nc3cc(C)nn3-c3cc(C)c4cc(C)cc(C)c4n3)sc2c1. The smallest absolute Gasteiger partial charge is 0.189 e. The number of hydrogen-bond acceptors (Lipinski definition) is 6. The van der Waals surface area contributed by atoms with E-state index < -0.39 is 0 Å². The van der Waals surface area contributed by atoms with Crippen LogP contribution in [0.3, 0.4) is 0 Å². The van der Waals surface area contributed by atoms with Crippen molar-refractivity contribution in [2.24, 2.45) is 0 Å². The second-order valence-electron chi connectivity index (χ2n) is 7.84. The van der Waals surface area contributed by atoms with Crippen LogP contribution in [0.15, 0.2) is 42.5 Å². The molecule has 0 aliphatic heterocycles. The third-order valence-electron chi connectivity index (χ3n) is 5.32. The number of nitrogens with zero attached hydrogens (tertiary/aromatic N) is 4. The van der Waals surface area contributed by atoms with Crippen LogP contribution in [0.4, 0.5) is 10.9 Å². The van der Waals surface area contributed by atoms with Crippen LogP contribution in [0.1, 0.15) is 22.4 Å². The Kier molecular flexibility index (Phi) is 4.63. The van der Waals surface area contributed by atoms with Crippen LogP contribution in [0, 0.1) is 27.7 Å². The highest BCUT2D eigenvalue weighted by molar-refractivity contribution is 7.22. The Balaban J connectivity index is 1.58. The zero-order valence-electron chi connectivity index (χ0n) is 18.1. The van der Waals surface area contributed by atoms with Gasteiger partial charge in [0.25, 0.3) is 0 Å². The molecule has 6 nitrogen and oxygen atoms in total. The molecule has 0 atom stereocenters. The molecule has 0 unspecified atom stereocenters. The third-order valence-corrected chi connectivity index (χ3v) is 6.25. The fourth-order valence-electron chi connectivity index (χ4n) is 3.89. The van der Waals surface area contributed by atoms with E-state index in [1.807, 2.05) is 35.9 Å². The van der Waals surface area contributed by atoms with Gasteiger partial charge in [-0.15, -0.1) is 0 Å². The summed E-state index contributed by atoms with van der Waals surface area (Å²) >= 11 is 1.58. The number of fused-ring (bicyclic) bond motifs is 2. The molecule has 156 valence electrons. The zero-order chi connectivity index (χ0) is 21.7. The Morgan fingerprint density at radius 2 is 1.77 bits per heavy atom. The Morgan fingerprint density at radius 3 is 2.58 bits per heavy atom. The van der Waals surface area contributed by atoms with Gasteiger partial charge in [-0.1, -0.05) is 23.0 Å². The molecule has 0 saturated carbocycles. The van der Waals surface area contributed by atoms with Crippen LogP contribution in [0.25, 0.3) is 26.9 Å². The highest BCUT2D eigenvalue weighted by Gasteiger charge is 2.14. The molecular formula is C24H23N5OS. The molecule has 1 N–H and O–H groups in total.